The van der Waals surface area contributed by atoms with Gasteiger partial charge in [0.15, 0.2) is 6.10 Å². The number of amides is 1. The number of likely N-dealkylation sites (N-methyl/N-ethyl adjacent to an activating group) is 1. The van der Waals surface area contributed by atoms with Gasteiger partial charge < -0.3 is 14.2 Å². The quantitative estimate of drug-likeness (QED) is 0.645. The molecule has 3 rings (SSSR count). The third kappa shape index (κ3) is 4.57. The SMILES string of the molecule is Cc1ccc(-c2noc(CN(C)C(=O)[C@@H](C)Oc3cc(C)ccc3C)n2)cc1. The minimum absolute atomic E-state index is 0.156. The van der Waals surface area contributed by atoms with E-state index < -0.39 is 6.10 Å². The van der Waals surface area contributed by atoms with Gasteiger partial charge in [-0.15, -0.1) is 0 Å². The van der Waals surface area contributed by atoms with Gasteiger partial charge in [-0.3, -0.25) is 4.79 Å². The normalized spacial score (nSPS) is 11.9. The maximum absolute atomic E-state index is 12.7. The van der Waals surface area contributed by atoms with Crippen molar-refractivity contribution in [2.75, 3.05) is 7.05 Å². The van der Waals surface area contributed by atoms with Crippen LogP contribution in [0.15, 0.2) is 47.0 Å². The first kappa shape index (κ1) is 19.6. The van der Waals surface area contributed by atoms with Crippen molar-refractivity contribution in [3.05, 3.63) is 65.0 Å². The minimum Gasteiger partial charge on any atom is -0.481 e. The highest BCUT2D eigenvalue weighted by Gasteiger charge is 2.22. The first-order valence-electron chi connectivity index (χ1n) is 9.22. The molecule has 0 N–H and O–H groups in total. The second-order valence-electron chi connectivity index (χ2n) is 7.10. The number of ether oxygens (including phenoxy) is 1. The summed E-state index contributed by atoms with van der Waals surface area (Å²) in [7, 11) is 1.70. The Balaban J connectivity index is 1.64. The lowest BCUT2D eigenvalue weighted by Gasteiger charge is -2.21. The van der Waals surface area contributed by atoms with Crippen LogP contribution in [0.3, 0.4) is 0 Å². The topological polar surface area (TPSA) is 68.5 Å². The van der Waals surface area contributed by atoms with E-state index in [1.54, 1.807) is 14.0 Å². The van der Waals surface area contributed by atoms with Crippen molar-refractivity contribution in [1.29, 1.82) is 0 Å². The molecular weight excluding hydrogens is 354 g/mol. The number of benzene rings is 2. The summed E-state index contributed by atoms with van der Waals surface area (Å²) in [6, 6.07) is 13.8. The van der Waals surface area contributed by atoms with Crippen LogP contribution >= 0.6 is 0 Å². The highest BCUT2D eigenvalue weighted by molar-refractivity contribution is 5.80. The highest BCUT2D eigenvalue weighted by Crippen LogP contribution is 2.21. The van der Waals surface area contributed by atoms with Crippen LogP contribution in [0.5, 0.6) is 5.75 Å². The van der Waals surface area contributed by atoms with E-state index in [0.29, 0.717) is 17.5 Å². The molecule has 2 aromatic carbocycles. The van der Waals surface area contributed by atoms with E-state index in [4.69, 9.17) is 9.26 Å². The van der Waals surface area contributed by atoms with Gasteiger partial charge in [-0.25, -0.2) is 0 Å². The van der Waals surface area contributed by atoms with Crippen LogP contribution in [0.4, 0.5) is 0 Å². The largest absolute Gasteiger partial charge is 0.481 e. The molecule has 146 valence electrons. The van der Waals surface area contributed by atoms with Gasteiger partial charge in [-0.2, -0.15) is 4.98 Å². The predicted octanol–water partition coefficient (Wildman–Crippen LogP) is 4.09. The third-order valence-electron chi connectivity index (χ3n) is 4.52. The summed E-state index contributed by atoms with van der Waals surface area (Å²) in [6.45, 7) is 7.94. The van der Waals surface area contributed by atoms with Crippen molar-refractivity contribution < 1.29 is 14.1 Å². The van der Waals surface area contributed by atoms with E-state index in [-0.39, 0.29) is 12.5 Å². The Bertz CT molecular complexity index is 963. The predicted molar refractivity (Wildman–Crippen MR) is 107 cm³/mol. The van der Waals surface area contributed by atoms with Crippen molar-refractivity contribution in [3.63, 3.8) is 0 Å². The molecule has 6 heteroatoms. The molecule has 1 heterocycles. The van der Waals surface area contributed by atoms with Crippen molar-refractivity contribution in [3.8, 4) is 17.1 Å². The monoisotopic (exact) mass is 379 g/mol. The van der Waals surface area contributed by atoms with Crippen LogP contribution in [0.2, 0.25) is 0 Å². The van der Waals surface area contributed by atoms with E-state index in [9.17, 15) is 4.79 Å². The Morgan fingerprint density at radius 3 is 2.50 bits per heavy atom. The summed E-state index contributed by atoms with van der Waals surface area (Å²) < 4.78 is 11.2. The van der Waals surface area contributed by atoms with Crippen LogP contribution in [-0.2, 0) is 11.3 Å². The number of aromatic nitrogens is 2. The molecule has 0 unspecified atom stereocenters. The number of carbonyl (C=O) groups is 1. The maximum Gasteiger partial charge on any atom is 0.263 e. The molecule has 6 nitrogen and oxygen atoms in total. The second kappa shape index (κ2) is 8.25. The Hall–Kier alpha value is -3.15. The van der Waals surface area contributed by atoms with Crippen molar-refractivity contribution in [2.24, 2.45) is 0 Å². The van der Waals surface area contributed by atoms with E-state index in [0.717, 1.165) is 22.3 Å². The van der Waals surface area contributed by atoms with Crippen molar-refractivity contribution in [2.45, 2.75) is 40.3 Å². The summed E-state index contributed by atoms with van der Waals surface area (Å²) >= 11 is 0. The zero-order chi connectivity index (χ0) is 20.3. The zero-order valence-electron chi connectivity index (χ0n) is 16.9. The van der Waals surface area contributed by atoms with Gasteiger partial charge in [-0.05, 0) is 44.9 Å². The first-order valence-corrected chi connectivity index (χ1v) is 9.22. The Kier molecular flexibility index (Phi) is 5.78. The fraction of sp³-hybridized carbons (Fsp3) is 0.318. The van der Waals surface area contributed by atoms with Crippen LogP contribution in [0, 0.1) is 20.8 Å². The van der Waals surface area contributed by atoms with E-state index in [1.165, 1.54) is 4.90 Å². The summed E-state index contributed by atoms with van der Waals surface area (Å²) in [4.78, 5) is 18.6. The lowest BCUT2D eigenvalue weighted by Crippen LogP contribution is -2.37. The molecule has 0 fully saturated rings. The van der Waals surface area contributed by atoms with Gasteiger partial charge in [0.2, 0.25) is 11.7 Å². The van der Waals surface area contributed by atoms with Crippen LogP contribution in [-0.4, -0.2) is 34.1 Å². The van der Waals surface area contributed by atoms with Gasteiger partial charge >= 0.3 is 0 Å². The fourth-order valence-corrected chi connectivity index (χ4v) is 2.81. The van der Waals surface area contributed by atoms with Gasteiger partial charge in [0.05, 0.1) is 6.54 Å². The molecule has 0 spiro atoms. The summed E-state index contributed by atoms with van der Waals surface area (Å²) in [5.74, 6) is 1.45. The lowest BCUT2D eigenvalue weighted by molar-refractivity contribution is -0.137. The molecule has 1 amide bonds. The van der Waals surface area contributed by atoms with Gasteiger partial charge in [0.1, 0.15) is 5.75 Å². The molecule has 0 aliphatic carbocycles. The summed E-state index contributed by atoms with van der Waals surface area (Å²) in [5, 5.41) is 4.01. The molecule has 0 saturated carbocycles. The molecule has 0 saturated heterocycles. The number of rotatable bonds is 6. The summed E-state index contributed by atoms with van der Waals surface area (Å²) in [5.41, 5.74) is 4.12. The molecule has 0 bridgehead atoms. The number of aryl methyl sites for hydroxylation is 3. The van der Waals surface area contributed by atoms with E-state index in [1.807, 2.05) is 63.2 Å². The molecule has 0 aliphatic heterocycles. The highest BCUT2D eigenvalue weighted by atomic mass is 16.5. The summed E-state index contributed by atoms with van der Waals surface area (Å²) in [6.07, 6.45) is -0.620. The lowest BCUT2D eigenvalue weighted by atomic mass is 10.1. The molecule has 28 heavy (non-hydrogen) atoms. The Labute approximate surface area is 165 Å². The molecule has 0 radical (unpaired) electrons. The molecule has 1 aromatic heterocycles. The number of carbonyl (C=O) groups excluding carboxylic acids is 1. The molecule has 1 atom stereocenters. The van der Waals surface area contributed by atoms with Gasteiger partial charge in [0.25, 0.3) is 5.91 Å². The molecule has 3 aromatic rings. The first-order chi connectivity index (χ1) is 13.3. The average molecular weight is 379 g/mol. The van der Waals surface area contributed by atoms with E-state index in [2.05, 4.69) is 10.1 Å². The standard InChI is InChI=1S/C22H25N3O3/c1-14-7-10-18(11-8-14)21-23-20(28-24-21)13-25(5)22(26)17(4)27-19-12-15(2)6-9-16(19)3/h6-12,17H,13H2,1-5H3/t17-/m1/s1. The van der Waals surface area contributed by atoms with Crippen LogP contribution in [0.25, 0.3) is 11.4 Å². The van der Waals surface area contributed by atoms with E-state index >= 15 is 0 Å². The van der Waals surface area contributed by atoms with Gasteiger partial charge in [-0.1, -0.05) is 47.1 Å². The molecular formula is C22H25N3O3. The van der Waals surface area contributed by atoms with Crippen molar-refractivity contribution >= 4 is 5.91 Å². The maximum atomic E-state index is 12.7. The number of hydrogen-bond donors (Lipinski definition) is 0. The second-order valence-corrected chi connectivity index (χ2v) is 7.10. The smallest absolute Gasteiger partial charge is 0.263 e. The number of nitrogens with zero attached hydrogens (tertiary/aromatic N) is 3. The Morgan fingerprint density at radius 1 is 1.11 bits per heavy atom. The Morgan fingerprint density at radius 2 is 1.79 bits per heavy atom. The zero-order valence-corrected chi connectivity index (χ0v) is 16.9. The van der Waals surface area contributed by atoms with Gasteiger partial charge in [0, 0.05) is 12.6 Å². The van der Waals surface area contributed by atoms with Crippen LogP contribution < -0.4 is 4.74 Å². The average Bonchev–Trinajstić information content (AvgIpc) is 3.13. The fourth-order valence-electron chi connectivity index (χ4n) is 2.81. The minimum atomic E-state index is -0.620. The number of hydrogen-bond acceptors (Lipinski definition) is 5. The van der Waals surface area contributed by atoms with Crippen LogP contribution in [0.1, 0.15) is 29.5 Å². The van der Waals surface area contributed by atoms with Crippen molar-refractivity contribution in [1.82, 2.24) is 15.0 Å². The molecule has 0 aliphatic rings. The third-order valence-corrected chi connectivity index (χ3v) is 4.52.